The molecular formula is C24H27F4N5O4. The van der Waals surface area contributed by atoms with Crippen LogP contribution in [0.1, 0.15) is 23.2 Å². The van der Waals surface area contributed by atoms with Gasteiger partial charge in [-0.25, -0.2) is 9.18 Å². The summed E-state index contributed by atoms with van der Waals surface area (Å²) in [4.78, 5) is 24.5. The Balaban J connectivity index is 0.000000405. The van der Waals surface area contributed by atoms with Gasteiger partial charge in [-0.15, -0.1) is 0 Å². The molecule has 13 heteroatoms. The van der Waals surface area contributed by atoms with Crippen molar-refractivity contribution in [3.63, 3.8) is 0 Å². The Labute approximate surface area is 209 Å². The molecule has 2 bridgehead atoms. The number of rotatable bonds is 5. The minimum atomic E-state index is -5.08. The number of halogens is 4. The summed E-state index contributed by atoms with van der Waals surface area (Å²) in [6, 6.07) is 8.68. The first kappa shape index (κ1) is 26.6. The van der Waals surface area contributed by atoms with Crippen molar-refractivity contribution in [2.24, 2.45) is 0 Å². The quantitative estimate of drug-likeness (QED) is 0.497. The lowest BCUT2D eigenvalue weighted by Gasteiger charge is -2.46. The largest absolute Gasteiger partial charge is 0.490 e. The Kier molecular flexibility index (Phi) is 7.83. The first-order valence-corrected chi connectivity index (χ1v) is 11.7. The number of nitrogens with zero attached hydrogens (tertiary/aromatic N) is 4. The van der Waals surface area contributed by atoms with Gasteiger partial charge in [-0.05, 0) is 26.0 Å². The molecule has 2 aliphatic rings. The van der Waals surface area contributed by atoms with Gasteiger partial charge in [-0.2, -0.15) is 18.3 Å². The molecule has 1 amide bonds. The van der Waals surface area contributed by atoms with Gasteiger partial charge in [0.25, 0.3) is 5.91 Å². The van der Waals surface area contributed by atoms with E-state index >= 15 is 0 Å². The average Bonchev–Trinajstić information content (AvgIpc) is 3.44. The highest BCUT2D eigenvalue weighted by molar-refractivity contribution is 6.07. The van der Waals surface area contributed by atoms with E-state index in [0.29, 0.717) is 17.6 Å². The van der Waals surface area contributed by atoms with Gasteiger partial charge in [-0.1, -0.05) is 18.2 Å². The monoisotopic (exact) mass is 525 g/mol. The van der Waals surface area contributed by atoms with Crippen molar-refractivity contribution in [1.29, 1.82) is 0 Å². The maximum Gasteiger partial charge on any atom is 0.490 e. The summed E-state index contributed by atoms with van der Waals surface area (Å²) in [7, 11) is 2.15. The number of benzene rings is 1. The zero-order chi connectivity index (χ0) is 26.7. The number of piperidine rings is 1. The summed E-state index contributed by atoms with van der Waals surface area (Å²) >= 11 is 0. The lowest BCUT2D eigenvalue weighted by Crippen LogP contribution is -2.59. The third-order valence-electron chi connectivity index (χ3n) is 6.63. The van der Waals surface area contributed by atoms with Crippen LogP contribution in [0.2, 0.25) is 0 Å². The summed E-state index contributed by atoms with van der Waals surface area (Å²) in [5.41, 5.74) is 2.38. The van der Waals surface area contributed by atoms with Crippen LogP contribution in [-0.4, -0.2) is 87.5 Å². The van der Waals surface area contributed by atoms with Gasteiger partial charge in [0.05, 0.1) is 42.7 Å². The van der Waals surface area contributed by atoms with Gasteiger partial charge in [0.2, 0.25) is 0 Å². The molecule has 2 aromatic heterocycles. The standard InChI is InChI=1S/C22H26FN5O2.C2HF3O2/c1-26-16-8-15(9-17(26)14-30-13-16)25-22(29)20-12-28(21-5-3-2-4-19(20)21)18-10-24-27(11-18)7-6-23;3-2(4,5)1(6)7/h2-5,10-12,15-17H,6-9,13-14H2,1H3,(H,25,29);(H,6,7). The van der Waals surface area contributed by atoms with Gasteiger partial charge in [0, 0.05) is 35.9 Å². The number of nitrogens with one attached hydrogen (secondary N) is 1. The Morgan fingerprint density at radius 3 is 2.43 bits per heavy atom. The Morgan fingerprint density at radius 2 is 1.81 bits per heavy atom. The summed E-state index contributed by atoms with van der Waals surface area (Å²) in [6.45, 7) is 1.20. The highest BCUT2D eigenvalue weighted by atomic mass is 19.4. The number of hydrogen-bond acceptors (Lipinski definition) is 5. The van der Waals surface area contributed by atoms with Crippen LogP contribution in [0.25, 0.3) is 16.6 Å². The lowest BCUT2D eigenvalue weighted by atomic mass is 9.90. The number of aryl methyl sites for hydroxylation is 1. The number of carboxylic acids is 1. The van der Waals surface area contributed by atoms with Crippen LogP contribution in [0, 0.1) is 0 Å². The second-order valence-electron chi connectivity index (χ2n) is 9.04. The molecule has 9 nitrogen and oxygen atoms in total. The second kappa shape index (κ2) is 10.9. The van der Waals surface area contributed by atoms with Gasteiger partial charge in [0.1, 0.15) is 6.67 Å². The Hall–Kier alpha value is -3.45. The van der Waals surface area contributed by atoms with Gasteiger partial charge in [0.15, 0.2) is 0 Å². The van der Waals surface area contributed by atoms with Crippen molar-refractivity contribution in [1.82, 2.24) is 24.6 Å². The predicted molar refractivity (Wildman–Crippen MR) is 125 cm³/mol. The smallest absolute Gasteiger partial charge is 0.475 e. The summed E-state index contributed by atoms with van der Waals surface area (Å²) < 4.78 is 53.6. The number of hydrogen-bond donors (Lipinski definition) is 2. The number of carboxylic acid groups (broad SMARTS) is 1. The molecule has 3 aromatic rings. The lowest BCUT2D eigenvalue weighted by molar-refractivity contribution is -0.192. The maximum atomic E-state index is 13.2. The van der Waals surface area contributed by atoms with Crippen molar-refractivity contribution in [3.05, 3.63) is 48.4 Å². The topological polar surface area (TPSA) is 102 Å². The minimum absolute atomic E-state index is 0.0605. The second-order valence-corrected chi connectivity index (χ2v) is 9.04. The molecule has 0 radical (unpaired) electrons. The minimum Gasteiger partial charge on any atom is -0.475 e. The normalized spacial score (nSPS) is 21.8. The molecule has 0 spiro atoms. The number of likely N-dealkylation sites (N-methyl/N-ethyl adjacent to an activating group) is 1. The number of fused-ring (bicyclic) bond motifs is 3. The van der Waals surface area contributed by atoms with E-state index in [2.05, 4.69) is 22.4 Å². The SMILES string of the molecule is CN1C2COCC1CC(NC(=O)c1cn(-c3cnn(CCF)c3)c3ccccc13)C2.O=C(O)C(F)(F)F. The van der Waals surface area contributed by atoms with Crippen LogP contribution in [-0.2, 0) is 16.1 Å². The number of ether oxygens (including phenoxy) is 1. The van der Waals surface area contributed by atoms with Crippen molar-refractivity contribution in [2.75, 3.05) is 26.9 Å². The van der Waals surface area contributed by atoms with Crippen LogP contribution in [0.15, 0.2) is 42.9 Å². The third kappa shape index (κ3) is 5.93. The van der Waals surface area contributed by atoms with E-state index in [1.807, 2.05) is 35.0 Å². The molecule has 0 aliphatic carbocycles. The molecular weight excluding hydrogens is 498 g/mol. The Bertz CT molecular complexity index is 1240. The van der Waals surface area contributed by atoms with Gasteiger partial charge >= 0.3 is 12.1 Å². The predicted octanol–water partition coefficient (Wildman–Crippen LogP) is 3.02. The molecule has 2 fully saturated rings. The zero-order valence-electron chi connectivity index (χ0n) is 20.0. The number of amides is 1. The number of carbonyl (C=O) groups is 2. The summed E-state index contributed by atoms with van der Waals surface area (Å²) in [5.74, 6) is -2.82. The average molecular weight is 526 g/mol. The fourth-order valence-electron chi connectivity index (χ4n) is 4.74. The summed E-state index contributed by atoms with van der Waals surface area (Å²) in [6.07, 6.45) is 2.06. The summed E-state index contributed by atoms with van der Waals surface area (Å²) in [5, 5.41) is 15.5. The van der Waals surface area contributed by atoms with Crippen LogP contribution in [0.3, 0.4) is 0 Å². The maximum absolute atomic E-state index is 13.2. The van der Waals surface area contributed by atoms with E-state index in [0.717, 1.165) is 42.6 Å². The molecule has 2 atom stereocenters. The molecule has 2 aliphatic heterocycles. The number of alkyl halides is 4. The van der Waals surface area contributed by atoms with E-state index in [1.54, 1.807) is 17.1 Å². The highest BCUT2D eigenvalue weighted by Gasteiger charge is 2.38. The van der Waals surface area contributed by atoms with E-state index < -0.39 is 18.8 Å². The van der Waals surface area contributed by atoms with E-state index in [1.165, 1.54) is 0 Å². The molecule has 2 saturated heterocycles. The molecule has 0 saturated carbocycles. The number of aromatic nitrogens is 3. The molecule has 4 heterocycles. The zero-order valence-corrected chi connectivity index (χ0v) is 20.0. The van der Waals surface area contributed by atoms with Gasteiger partial charge in [-0.3, -0.25) is 14.4 Å². The first-order chi connectivity index (χ1) is 17.6. The number of carbonyl (C=O) groups excluding carboxylic acids is 1. The van der Waals surface area contributed by atoms with Crippen molar-refractivity contribution < 1.29 is 37.0 Å². The van der Waals surface area contributed by atoms with Crippen molar-refractivity contribution >= 4 is 22.8 Å². The number of aliphatic carboxylic acids is 1. The molecule has 2 N–H and O–H groups in total. The first-order valence-electron chi connectivity index (χ1n) is 11.7. The number of morpholine rings is 1. The van der Waals surface area contributed by atoms with Crippen LogP contribution >= 0.6 is 0 Å². The third-order valence-corrected chi connectivity index (χ3v) is 6.63. The van der Waals surface area contributed by atoms with Crippen molar-refractivity contribution in [3.8, 4) is 5.69 Å². The van der Waals surface area contributed by atoms with E-state index in [9.17, 15) is 22.4 Å². The molecule has 5 rings (SSSR count). The van der Waals surface area contributed by atoms with Crippen molar-refractivity contribution in [2.45, 2.75) is 43.7 Å². The fraction of sp³-hybridized carbons (Fsp3) is 0.458. The Morgan fingerprint density at radius 1 is 1.16 bits per heavy atom. The molecule has 2 unspecified atom stereocenters. The van der Waals surface area contributed by atoms with E-state index in [-0.39, 0.29) is 18.5 Å². The van der Waals surface area contributed by atoms with Crippen LogP contribution in [0.5, 0.6) is 0 Å². The molecule has 37 heavy (non-hydrogen) atoms. The van der Waals surface area contributed by atoms with Gasteiger partial charge < -0.3 is 19.7 Å². The molecule has 1 aromatic carbocycles. The van der Waals surface area contributed by atoms with Crippen LogP contribution < -0.4 is 5.32 Å². The van der Waals surface area contributed by atoms with Crippen LogP contribution in [0.4, 0.5) is 17.6 Å². The highest BCUT2D eigenvalue weighted by Crippen LogP contribution is 2.28. The molecule has 200 valence electrons. The fourth-order valence-corrected chi connectivity index (χ4v) is 4.74. The van der Waals surface area contributed by atoms with E-state index in [4.69, 9.17) is 14.6 Å². The number of para-hydroxylation sites is 1.